The molecule has 0 aliphatic rings. The van der Waals surface area contributed by atoms with Gasteiger partial charge in [0.1, 0.15) is 0 Å². The highest BCUT2D eigenvalue weighted by Gasteiger charge is 2.15. The van der Waals surface area contributed by atoms with E-state index in [1.807, 2.05) is 31.2 Å². The third-order valence-electron chi connectivity index (χ3n) is 3.01. The number of pyridine rings is 1. The smallest absolute Gasteiger partial charge is 0.254 e. The molecule has 0 spiro atoms. The van der Waals surface area contributed by atoms with E-state index in [9.17, 15) is 4.79 Å². The fourth-order valence-corrected chi connectivity index (χ4v) is 1.89. The zero-order valence-corrected chi connectivity index (χ0v) is 10.9. The molecular weight excluding hydrogens is 238 g/mol. The van der Waals surface area contributed by atoms with E-state index in [2.05, 4.69) is 4.98 Å². The summed E-state index contributed by atoms with van der Waals surface area (Å²) in [5.74, 6) is -0.00634. The Hall–Kier alpha value is -2.36. The number of nitrogen functional groups attached to an aromatic ring is 1. The first-order chi connectivity index (χ1) is 9.22. The molecule has 0 unspecified atom stereocenters. The summed E-state index contributed by atoms with van der Waals surface area (Å²) in [4.78, 5) is 18.0. The van der Waals surface area contributed by atoms with E-state index in [-0.39, 0.29) is 5.91 Å². The van der Waals surface area contributed by atoms with Gasteiger partial charge in [-0.1, -0.05) is 18.2 Å². The fourth-order valence-electron chi connectivity index (χ4n) is 1.89. The lowest BCUT2D eigenvalue weighted by molar-refractivity contribution is 0.0753. The van der Waals surface area contributed by atoms with E-state index < -0.39 is 0 Å². The molecule has 4 nitrogen and oxygen atoms in total. The topological polar surface area (TPSA) is 59.2 Å². The summed E-state index contributed by atoms with van der Waals surface area (Å²) < 4.78 is 0. The Bertz CT molecular complexity index is 554. The molecule has 0 aliphatic heterocycles. The first kappa shape index (κ1) is 13.1. The predicted octanol–water partition coefficient (Wildman–Crippen LogP) is 2.33. The summed E-state index contributed by atoms with van der Waals surface area (Å²) in [6.07, 6.45) is 3.25. The number of amides is 1. The quantitative estimate of drug-likeness (QED) is 0.853. The van der Waals surface area contributed by atoms with Gasteiger partial charge in [-0.3, -0.25) is 9.78 Å². The van der Waals surface area contributed by atoms with Crippen molar-refractivity contribution < 1.29 is 4.79 Å². The number of benzene rings is 1. The second-order valence-electron chi connectivity index (χ2n) is 4.25. The maximum absolute atomic E-state index is 12.3. The van der Waals surface area contributed by atoms with Crippen LogP contribution in [-0.2, 0) is 6.54 Å². The summed E-state index contributed by atoms with van der Waals surface area (Å²) in [7, 11) is 0. The molecule has 1 aromatic carbocycles. The van der Waals surface area contributed by atoms with Crippen LogP contribution in [0.1, 0.15) is 22.8 Å². The molecule has 2 N–H and O–H groups in total. The normalized spacial score (nSPS) is 10.2. The Kier molecular flexibility index (Phi) is 4.13. The van der Waals surface area contributed by atoms with Gasteiger partial charge in [-0.05, 0) is 30.7 Å². The van der Waals surface area contributed by atoms with E-state index >= 15 is 0 Å². The Balaban J connectivity index is 2.17. The predicted molar refractivity (Wildman–Crippen MR) is 75.5 cm³/mol. The molecule has 0 radical (unpaired) electrons. The van der Waals surface area contributed by atoms with Crippen LogP contribution >= 0.6 is 0 Å². The highest BCUT2D eigenvalue weighted by Crippen LogP contribution is 2.15. The van der Waals surface area contributed by atoms with Crippen molar-refractivity contribution in [2.75, 3.05) is 12.3 Å². The largest absolute Gasteiger partial charge is 0.398 e. The summed E-state index contributed by atoms with van der Waals surface area (Å²) in [5, 5.41) is 0. The Morgan fingerprint density at radius 3 is 2.53 bits per heavy atom. The first-order valence-electron chi connectivity index (χ1n) is 6.25. The van der Waals surface area contributed by atoms with Gasteiger partial charge in [-0.2, -0.15) is 0 Å². The zero-order valence-electron chi connectivity index (χ0n) is 10.9. The average molecular weight is 255 g/mol. The van der Waals surface area contributed by atoms with Crippen LogP contribution in [0.25, 0.3) is 0 Å². The number of carbonyl (C=O) groups is 1. The van der Waals surface area contributed by atoms with Crippen molar-refractivity contribution in [1.29, 1.82) is 0 Å². The van der Waals surface area contributed by atoms with Crippen LogP contribution in [0.15, 0.2) is 48.8 Å². The Morgan fingerprint density at radius 1 is 1.21 bits per heavy atom. The number of hydrogen-bond acceptors (Lipinski definition) is 3. The van der Waals surface area contributed by atoms with Gasteiger partial charge in [0.15, 0.2) is 0 Å². The Labute approximate surface area is 112 Å². The number of hydrogen-bond donors (Lipinski definition) is 1. The Morgan fingerprint density at radius 2 is 1.89 bits per heavy atom. The monoisotopic (exact) mass is 255 g/mol. The first-order valence-corrected chi connectivity index (χ1v) is 6.25. The summed E-state index contributed by atoms with van der Waals surface area (Å²) in [6, 6.07) is 11.0. The molecule has 0 atom stereocenters. The fraction of sp³-hybridized carbons (Fsp3) is 0.200. The van der Waals surface area contributed by atoms with Crippen molar-refractivity contribution in [3.05, 3.63) is 59.9 Å². The van der Waals surface area contributed by atoms with Gasteiger partial charge < -0.3 is 10.6 Å². The van der Waals surface area contributed by atoms with E-state index in [0.29, 0.717) is 24.3 Å². The maximum atomic E-state index is 12.3. The molecule has 2 aromatic rings. The van der Waals surface area contributed by atoms with Crippen molar-refractivity contribution in [3.8, 4) is 0 Å². The van der Waals surface area contributed by atoms with Gasteiger partial charge in [0.05, 0.1) is 0 Å². The molecule has 0 saturated carbocycles. The van der Waals surface area contributed by atoms with Crippen molar-refractivity contribution in [2.24, 2.45) is 0 Å². The molecule has 98 valence electrons. The summed E-state index contributed by atoms with van der Waals surface area (Å²) in [6.45, 7) is 3.11. The van der Waals surface area contributed by atoms with Crippen molar-refractivity contribution in [1.82, 2.24) is 9.88 Å². The molecule has 1 aromatic heterocycles. The number of para-hydroxylation sites is 1. The lowest BCUT2D eigenvalue weighted by Gasteiger charge is -2.21. The van der Waals surface area contributed by atoms with Gasteiger partial charge in [0.25, 0.3) is 5.91 Å². The number of carbonyl (C=O) groups excluding carboxylic acids is 1. The molecule has 4 heteroatoms. The summed E-state index contributed by atoms with van der Waals surface area (Å²) in [5.41, 5.74) is 8.24. The molecule has 1 heterocycles. The number of rotatable bonds is 4. The third-order valence-corrected chi connectivity index (χ3v) is 3.01. The molecule has 19 heavy (non-hydrogen) atoms. The van der Waals surface area contributed by atoms with E-state index in [4.69, 9.17) is 5.73 Å². The number of anilines is 1. The molecular formula is C15H17N3O. The van der Waals surface area contributed by atoms with Crippen LogP contribution in [0.4, 0.5) is 5.69 Å². The minimum atomic E-state index is -0.00634. The molecule has 0 fully saturated rings. The lowest BCUT2D eigenvalue weighted by atomic mass is 10.1. The van der Waals surface area contributed by atoms with E-state index in [0.717, 1.165) is 5.56 Å². The van der Waals surface area contributed by atoms with E-state index in [1.165, 1.54) is 0 Å². The molecule has 2 rings (SSSR count). The number of nitrogens with two attached hydrogens (primary N) is 1. The molecule has 1 amide bonds. The van der Waals surface area contributed by atoms with Gasteiger partial charge in [0.2, 0.25) is 0 Å². The van der Waals surface area contributed by atoms with Crippen molar-refractivity contribution in [2.45, 2.75) is 13.5 Å². The molecule has 0 aliphatic carbocycles. The van der Waals surface area contributed by atoms with Crippen LogP contribution in [-0.4, -0.2) is 22.3 Å². The highest BCUT2D eigenvalue weighted by molar-refractivity contribution is 5.94. The maximum Gasteiger partial charge on any atom is 0.254 e. The molecule has 0 saturated heterocycles. The highest BCUT2D eigenvalue weighted by atomic mass is 16.2. The van der Waals surface area contributed by atoms with Crippen LogP contribution in [0.5, 0.6) is 0 Å². The number of nitrogens with zero attached hydrogens (tertiary/aromatic N) is 2. The van der Waals surface area contributed by atoms with Crippen LogP contribution in [0, 0.1) is 0 Å². The SMILES string of the molecule is CCN(Cc1ccccc1N)C(=O)c1ccncc1. The van der Waals surface area contributed by atoms with Crippen molar-refractivity contribution >= 4 is 11.6 Å². The van der Waals surface area contributed by atoms with Crippen molar-refractivity contribution in [3.63, 3.8) is 0 Å². The minimum Gasteiger partial charge on any atom is -0.398 e. The average Bonchev–Trinajstić information content (AvgIpc) is 2.47. The zero-order chi connectivity index (χ0) is 13.7. The lowest BCUT2D eigenvalue weighted by Crippen LogP contribution is -2.30. The number of aromatic nitrogens is 1. The van der Waals surface area contributed by atoms with Gasteiger partial charge >= 0.3 is 0 Å². The van der Waals surface area contributed by atoms with E-state index in [1.54, 1.807) is 29.4 Å². The third kappa shape index (κ3) is 3.10. The standard InChI is InChI=1S/C15H17N3O/c1-2-18(11-13-5-3-4-6-14(13)16)15(19)12-7-9-17-10-8-12/h3-10H,2,11,16H2,1H3. The van der Waals surface area contributed by atoms with Crippen LogP contribution in [0.3, 0.4) is 0 Å². The van der Waals surface area contributed by atoms with Crippen LogP contribution < -0.4 is 5.73 Å². The second kappa shape index (κ2) is 6.00. The molecule has 0 bridgehead atoms. The van der Waals surface area contributed by atoms with Gasteiger partial charge in [-0.15, -0.1) is 0 Å². The second-order valence-corrected chi connectivity index (χ2v) is 4.25. The van der Waals surface area contributed by atoms with Crippen LogP contribution in [0.2, 0.25) is 0 Å². The van der Waals surface area contributed by atoms with Gasteiger partial charge in [0, 0.05) is 36.7 Å². The summed E-state index contributed by atoms with van der Waals surface area (Å²) >= 11 is 0. The van der Waals surface area contributed by atoms with Gasteiger partial charge in [-0.25, -0.2) is 0 Å². The minimum absolute atomic E-state index is 0.00634.